The van der Waals surface area contributed by atoms with Crippen molar-refractivity contribution < 1.29 is 0 Å². The van der Waals surface area contributed by atoms with Crippen molar-refractivity contribution in [1.82, 2.24) is 4.90 Å². The molecule has 0 aliphatic carbocycles. The third kappa shape index (κ3) is 3.06. The molecule has 16 heavy (non-hydrogen) atoms. The molecular formula is C13H19BrN2. The summed E-state index contributed by atoms with van der Waals surface area (Å²) in [6.45, 7) is 4.29. The van der Waals surface area contributed by atoms with E-state index in [2.05, 4.69) is 39.0 Å². The lowest BCUT2D eigenvalue weighted by Gasteiger charge is -2.16. The Balaban J connectivity index is 2.03. The molecule has 2 nitrogen and oxygen atoms in total. The maximum atomic E-state index is 5.56. The second kappa shape index (κ2) is 5.80. The van der Waals surface area contributed by atoms with E-state index in [0.29, 0.717) is 0 Å². The van der Waals surface area contributed by atoms with E-state index in [1.165, 1.54) is 41.5 Å². The summed E-state index contributed by atoms with van der Waals surface area (Å²) in [7, 11) is 0. The summed E-state index contributed by atoms with van der Waals surface area (Å²) in [6, 6.07) is 6.63. The Hall–Kier alpha value is -0.380. The largest absolute Gasteiger partial charge is 0.330 e. The van der Waals surface area contributed by atoms with Gasteiger partial charge in [-0.2, -0.15) is 0 Å². The van der Waals surface area contributed by atoms with Crippen LogP contribution in [-0.4, -0.2) is 24.5 Å². The van der Waals surface area contributed by atoms with Crippen LogP contribution < -0.4 is 5.73 Å². The van der Waals surface area contributed by atoms with Crippen LogP contribution in [0.25, 0.3) is 0 Å². The molecule has 3 heteroatoms. The number of nitrogens with zero attached hydrogens (tertiary/aromatic N) is 1. The van der Waals surface area contributed by atoms with Gasteiger partial charge in [-0.25, -0.2) is 0 Å². The zero-order valence-corrected chi connectivity index (χ0v) is 11.2. The van der Waals surface area contributed by atoms with Gasteiger partial charge >= 0.3 is 0 Å². The van der Waals surface area contributed by atoms with Crippen LogP contribution in [0.15, 0.2) is 22.7 Å². The standard InChI is InChI=1S/C13H19BrN2/c14-13-9-11(5-6-15)3-4-12(13)10-16-7-1-2-8-16/h3-4,9H,1-2,5-8,10,15H2. The highest BCUT2D eigenvalue weighted by molar-refractivity contribution is 9.10. The summed E-state index contributed by atoms with van der Waals surface area (Å²) in [5, 5.41) is 0. The summed E-state index contributed by atoms with van der Waals surface area (Å²) in [5.41, 5.74) is 8.27. The Labute approximate surface area is 106 Å². The summed E-state index contributed by atoms with van der Waals surface area (Å²) < 4.78 is 1.23. The molecule has 1 heterocycles. The van der Waals surface area contributed by atoms with Crippen molar-refractivity contribution in [2.75, 3.05) is 19.6 Å². The molecule has 1 aliphatic heterocycles. The lowest BCUT2D eigenvalue weighted by molar-refractivity contribution is 0.331. The monoisotopic (exact) mass is 282 g/mol. The lowest BCUT2D eigenvalue weighted by Crippen LogP contribution is -2.18. The maximum absolute atomic E-state index is 5.56. The Morgan fingerprint density at radius 2 is 2.00 bits per heavy atom. The number of hydrogen-bond donors (Lipinski definition) is 1. The third-order valence-electron chi connectivity index (χ3n) is 3.14. The molecule has 0 aromatic heterocycles. The first kappa shape index (κ1) is 12.1. The maximum Gasteiger partial charge on any atom is 0.0244 e. The first-order chi connectivity index (χ1) is 7.79. The first-order valence-electron chi connectivity index (χ1n) is 5.99. The van der Waals surface area contributed by atoms with Gasteiger partial charge in [0, 0.05) is 11.0 Å². The van der Waals surface area contributed by atoms with Crippen LogP contribution in [0.5, 0.6) is 0 Å². The fourth-order valence-electron chi connectivity index (χ4n) is 2.22. The Kier molecular flexibility index (Phi) is 4.38. The van der Waals surface area contributed by atoms with E-state index in [4.69, 9.17) is 5.73 Å². The molecule has 0 bridgehead atoms. The molecule has 88 valence electrons. The van der Waals surface area contributed by atoms with Crippen LogP contribution >= 0.6 is 15.9 Å². The second-order valence-electron chi connectivity index (χ2n) is 4.45. The fourth-order valence-corrected chi connectivity index (χ4v) is 2.77. The van der Waals surface area contributed by atoms with Crippen molar-refractivity contribution in [2.24, 2.45) is 5.73 Å². The molecule has 0 spiro atoms. The van der Waals surface area contributed by atoms with Crippen LogP contribution in [0, 0.1) is 0 Å². The molecule has 1 aromatic carbocycles. The molecule has 2 N–H and O–H groups in total. The molecule has 0 amide bonds. The van der Waals surface area contributed by atoms with Crippen LogP contribution in [-0.2, 0) is 13.0 Å². The highest BCUT2D eigenvalue weighted by Gasteiger charge is 2.13. The molecule has 0 saturated carbocycles. The zero-order chi connectivity index (χ0) is 11.4. The number of hydrogen-bond acceptors (Lipinski definition) is 2. The van der Waals surface area contributed by atoms with Crippen molar-refractivity contribution >= 4 is 15.9 Å². The van der Waals surface area contributed by atoms with Crippen molar-refractivity contribution in [3.63, 3.8) is 0 Å². The van der Waals surface area contributed by atoms with Gasteiger partial charge in [0.25, 0.3) is 0 Å². The van der Waals surface area contributed by atoms with Gasteiger partial charge in [-0.1, -0.05) is 28.1 Å². The van der Waals surface area contributed by atoms with Gasteiger partial charge in [0.15, 0.2) is 0 Å². The van der Waals surface area contributed by atoms with E-state index in [1.54, 1.807) is 0 Å². The second-order valence-corrected chi connectivity index (χ2v) is 5.30. The molecule has 1 fully saturated rings. The first-order valence-corrected chi connectivity index (χ1v) is 6.78. The Bertz CT molecular complexity index is 346. The van der Waals surface area contributed by atoms with E-state index < -0.39 is 0 Å². The van der Waals surface area contributed by atoms with Gasteiger partial charge < -0.3 is 5.73 Å². The molecule has 0 radical (unpaired) electrons. The van der Waals surface area contributed by atoms with Crippen molar-refractivity contribution in [1.29, 1.82) is 0 Å². The zero-order valence-electron chi connectivity index (χ0n) is 9.58. The molecule has 2 rings (SSSR count). The summed E-state index contributed by atoms with van der Waals surface area (Å²) in [6.07, 6.45) is 3.66. The highest BCUT2D eigenvalue weighted by atomic mass is 79.9. The topological polar surface area (TPSA) is 29.3 Å². The predicted molar refractivity (Wildman–Crippen MR) is 71.4 cm³/mol. The van der Waals surface area contributed by atoms with Gasteiger partial charge in [0.1, 0.15) is 0 Å². The predicted octanol–water partition coefficient (Wildman–Crippen LogP) is 2.55. The molecule has 0 unspecified atom stereocenters. The van der Waals surface area contributed by atoms with Crippen molar-refractivity contribution in [3.05, 3.63) is 33.8 Å². The minimum absolute atomic E-state index is 0.720. The van der Waals surface area contributed by atoms with E-state index in [9.17, 15) is 0 Å². The number of rotatable bonds is 4. The van der Waals surface area contributed by atoms with Crippen molar-refractivity contribution in [2.45, 2.75) is 25.8 Å². The Morgan fingerprint density at radius 3 is 2.62 bits per heavy atom. The van der Waals surface area contributed by atoms with Gasteiger partial charge in [0.05, 0.1) is 0 Å². The molecule has 1 saturated heterocycles. The number of likely N-dealkylation sites (tertiary alicyclic amines) is 1. The number of nitrogens with two attached hydrogens (primary N) is 1. The summed E-state index contributed by atoms with van der Waals surface area (Å²) in [5.74, 6) is 0. The quantitative estimate of drug-likeness (QED) is 0.920. The normalized spacial score (nSPS) is 16.9. The number of benzene rings is 1. The van der Waals surface area contributed by atoms with E-state index in [0.717, 1.165) is 19.5 Å². The molecule has 1 aliphatic rings. The minimum atomic E-state index is 0.720. The SMILES string of the molecule is NCCc1ccc(CN2CCCC2)c(Br)c1. The smallest absolute Gasteiger partial charge is 0.0244 e. The van der Waals surface area contributed by atoms with Gasteiger partial charge in [0.2, 0.25) is 0 Å². The van der Waals surface area contributed by atoms with E-state index >= 15 is 0 Å². The lowest BCUT2D eigenvalue weighted by atomic mass is 10.1. The van der Waals surface area contributed by atoms with Crippen LogP contribution in [0.4, 0.5) is 0 Å². The van der Waals surface area contributed by atoms with Gasteiger partial charge in [-0.15, -0.1) is 0 Å². The van der Waals surface area contributed by atoms with Crippen LogP contribution in [0.3, 0.4) is 0 Å². The molecule has 0 atom stereocenters. The van der Waals surface area contributed by atoms with Crippen molar-refractivity contribution in [3.8, 4) is 0 Å². The van der Waals surface area contributed by atoms with Gasteiger partial charge in [-0.3, -0.25) is 4.90 Å². The fraction of sp³-hybridized carbons (Fsp3) is 0.538. The average Bonchev–Trinajstić information content (AvgIpc) is 2.75. The molecular weight excluding hydrogens is 264 g/mol. The average molecular weight is 283 g/mol. The summed E-state index contributed by atoms with van der Waals surface area (Å²) >= 11 is 3.66. The molecule has 1 aromatic rings. The number of halogens is 1. The minimum Gasteiger partial charge on any atom is -0.330 e. The van der Waals surface area contributed by atoms with Gasteiger partial charge in [-0.05, 0) is 56.1 Å². The van der Waals surface area contributed by atoms with E-state index in [-0.39, 0.29) is 0 Å². The summed E-state index contributed by atoms with van der Waals surface area (Å²) in [4.78, 5) is 2.52. The third-order valence-corrected chi connectivity index (χ3v) is 3.88. The van der Waals surface area contributed by atoms with E-state index in [1.807, 2.05) is 0 Å². The highest BCUT2D eigenvalue weighted by Crippen LogP contribution is 2.22. The van der Waals surface area contributed by atoms with Crippen LogP contribution in [0.1, 0.15) is 24.0 Å². The Morgan fingerprint density at radius 1 is 1.25 bits per heavy atom. The van der Waals surface area contributed by atoms with Crippen LogP contribution in [0.2, 0.25) is 0 Å².